The number of aliphatic hydroxyl groups excluding tert-OH is 2. The number of aliphatic hydroxyl groups is 2. The van der Waals surface area contributed by atoms with Gasteiger partial charge in [0.25, 0.3) is 0 Å². The standard InChI is InChI=1S/C15H15N5O6/c1-24-13(23)25-9-4-14(9)10(21)11(22)15(5-16,26-14)8-3-2-7-12(17)18-6-19-20(7)8/h2-3,6,9-11,21-22H,4H2,1H3,(H2,17,18,19)/t9?,10-,11+,14?,15-/m0/s1. The summed E-state index contributed by atoms with van der Waals surface area (Å²) in [5, 5.41) is 35.0. The molecule has 2 aromatic heterocycles. The Hall–Kier alpha value is -2.94. The summed E-state index contributed by atoms with van der Waals surface area (Å²) in [7, 11) is 1.15. The van der Waals surface area contributed by atoms with Gasteiger partial charge in [-0.05, 0) is 12.1 Å². The zero-order chi connectivity index (χ0) is 18.7. The molecule has 1 aliphatic heterocycles. The zero-order valence-electron chi connectivity index (χ0n) is 13.6. The van der Waals surface area contributed by atoms with Gasteiger partial charge in [0.05, 0.1) is 12.8 Å². The van der Waals surface area contributed by atoms with Gasteiger partial charge in [-0.2, -0.15) is 10.4 Å². The second-order valence-electron chi connectivity index (χ2n) is 6.22. The van der Waals surface area contributed by atoms with Crippen molar-refractivity contribution in [2.75, 3.05) is 12.8 Å². The van der Waals surface area contributed by atoms with Crippen LogP contribution < -0.4 is 5.73 Å². The van der Waals surface area contributed by atoms with E-state index in [1.165, 1.54) is 16.9 Å². The number of rotatable bonds is 2. The number of hydrogen-bond donors (Lipinski definition) is 3. The third-order valence-corrected chi connectivity index (χ3v) is 4.89. The average Bonchev–Trinajstić information content (AvgIpc) is 3.03. The summed E-state index contributed by atoms with van der Waals surface area (Å²) in [4.78, 5) is 15.2. The fourth-order valence-corrected chi connectivity index (χ4v) is 3.45. The summed E-state index contributed by atoms with van der Waals surface area (Å²) in [5.74, 6) is 0.181. The van der Waals surface area contributed by atoms with Crippen molar-refractivity contribution in [1.82, 2.24) is 14.6 Å². The molecule has 4 N–H and O–H groups in total. The number of fused-ring (bicyclic) bond motifs is 1. The van der Waals surface area contributed by atoms with Gasteiger partial charge < -0.3 is 30.2 Å². The van der Waals surface area contributed by atoms with E-state index in [4.69, 9.17) is 15.2 Å². The minimum absolute atomic E-state index is 0.115. The number of carbonyl (C=O) groups excluding carboxylic acids is 1. The van der Waals surface area contributed by atoms with Crippen LogP contribution in [0.1, 0.15) is 12.1 Å². The van der Waals surface area contributed by atoms with Crippen molar-refractivity contribution in [3.63, 3.8) is 0 Å². The number of carbonyl (C=O) groups is 1. The molecule has 11 heteroatoms. The summed E-state index contributed by atoms with van der Waals surface area (Å²) in [6.07, 6.45) is -3.54. The molecule has 136 valence electrons. The Morgan fingerprint density at radius 2 is 2.27 bits per heavy atom. The molecule has 5 atom stereocenters. The van der Waals surface area contributed by atoms with E-state index in [1.54, 1.807) is 6.07 Å². The van der Waals surface area contributed by atoms with Crippen LogP contribution in [0.2, 0.25) is 0 Å². The lowest BCUT2D eigenvalue weighted by atomic mass is 9.92. The van der Waals surface area contributed by atoms with Crippen molar-refractivity contribution >= 4 is 17.5 Å². The summed E-state index contributed by atoms with van der Waals surface area (Å²) < 4.78 is 16.6. The number of hydrogen-bond acceptors (Lipinski definition) is 10. The van der Waals surface area contributed by atoms with Crippen LogP contribution in [0.3, 0.4) is 0 Å². The molecular formula is C15H15N5O6. The smallest absolute Gasteiger partial charge is 0.438 e. The number of nitrogen functional groups attached to an aromatic ring is 1. The predicted molar refractivity (Wildman–Crippen MR) is 82.4 cm³/mol. The Labute approximate surface area is 146 Å². The highest BCUT2D eigenvalue weighted by Crippen LogP contribution is 2.58. The van der Waals surface area contributed by atoms with Gasteiger partial charge in [0, 0.05) is 6.42 Å². The van der Waals surface area contributed by atoms with Gasteiger partial charge in [-0.1, -0.05) is 0 Å². The number of aromatic nitrogens is 3. The number of nitrogens with two attached hydrogens (primary N) is 1. The van der Waals surface area contributed by atoms with Gasteiger partial charge >= 0.3 is 6.16 Å². The minimum Gasteiger partial charge on any atom is -0.438 e. The molecule has 2 fully saturated rings. The van der Waals surface area contributed by atoms with Crippen molar-refractivity contribution < 1.29 is 29.2 Å². The number of anilines is 1. The molecule has 1 aliphatic carbocycles. The third-order valence-electron chi connectivity index (χ3n) is 4.89. The molecule has 11 nitrogen and oxygen atoms in total. The molecule has 1 spiro atoms. The Kier molecular flexibility index (Phi) is 3.35. The first-order valence-corrected chi connectivity index (χ1v) is 7.70. The van der Waals surface area contributed by atoms with E-state index in [1.807, 2.05) is 6.07 Å². The second kappa shape index (κ2) is 5.28. The molecular weight excluding hydrogens is 346 g/mol. The Balaban J connectivity index is 1.76. The molecule has 3 heterocycles. The zero-order valence-corrected chi connectivity index (χ0v) is 13.6. The Morgan fingerprint density at radius 3 is 2.96 bits per heavy atom. The highest BCUT2D eigenvalue weighted by molar-refractivity contribution is 5.66. The van der Waals surface area contributed by atoms with Crippen molar-refractivity contribution in [3.8, 4) is 6.07 Å². The van der Waals surface area contributed by atoms with E-state index < -0.39 is 35.7 Å². The molecule has 0 aromatic carbocycles. The predicted octanol–water partition coefficient (Wildman–Crippen LogP) is -0.924. The first-order valence-electron chi connectivity index (χ1n) is 7.70. The molecule has 0 radical (unpaired) electrons. The number of nitriles is 1. The SMILES string of the molecule is COC(=O)OC1CC12O[C@@](C#N)(c1ccc3c(N)ncnn13)[C@H](O)[C@@H]2O. The van der Waals surface area contributed by atoms with Gasteiger partial charge in [-0.15, -0.1) is 0 Å². The van der Waals surface area contributed by atoms with Gasteiger partial charge in [0.1, 0.15) is 41.8 Å². The third kappa shape index (κ3) is 1.94. The Bertz CT molecular complexity index is 940. The molecule has 0 amide bonds. The molecule has 0 bridgehead atoms. The van der Waals surface area contributed by atoms with Gasteiger partial charge in [-0.25, -0.2) is 14.3 Å². The molecule has 1 saturated carbocycles. The second-order valence-corrected chi connectivity index (χ2v) is 6.22. The van der Waals surface area contributed by atoms with Crippen molar-refractivity contribution in [1.29, 1.82) is 5.26 Å². The van der Waals surface area contributed by atoms with Crippen LogP contribution in [0.25, 0.3) is 5.52 Å². The van der Waals surface area contributed by atoms with Crippen LogP contribution in [0.5, 0.6) is 0 Å². The first-order chi connectivity index (χ1) is 12.4. The monoisotopic (exact) mass is 361 g/mol. The van der Waals surface area contributed by atoms with E-state index in [-0.39, 0.29) is 17.9 Å². The molecule has 2 aromatic rings. The Morgan fingerprint density at radius 1 is 1.50 bits per heavy atom. The largest absolute Gasteiger partial charge is 0.508 e. The van der Waals surface area contributed by atoms with Crippen LogP contribution in [-0.2, 0) is 19.8 Å². The van der Waals surface area contributed by atoms with Gasteiger partial charge in [0.2, 0.25) is 5.60 Å². The topological polar surface area (TPSA) is 165 Å². The van der Waals surface area contributed by atoms with E-state index in [2.05, 4.69) is 14.8 Å². The summed E-state index contributed by atoms with van der Waals surface area (Å²) in [6, 6.07) is 5.02. The maximum absolute atomic E-state index is 11.3. The minimum atomic E-state index is -1.93. The van der Waals surface area contributed by atoms with Gasteiger partial charge in [0.15, 0.2) is 5.82 Å². The number of ether oxygens (including phenoxy) is 3. The molecule has 4 rings (SSSR count). The molecule has 2 aliphatic rings. The maximum atomic E-state index is 11.3. The molecule has 1 saturated heterocycles. The average molecular weight is 361 g/mol. The van der Waals surface area contributed by atoms with Crippen molar-refractivity contribution in [2.45, 2.75) is 35.9 Å². The fraction of sp³-hybridized carbons (Fsp3) is 0.467. The van der Waals surface area contributed by atoms with E-state index in [9.17, 15) is 20.3 Å². The van der Waals surface area contributed by atoms with Crippen LogP contribution in [-0.4, -0.2) is 62.0 Å². The lowest BCUT2D eigenvalue weighted by Crippen LogP contribution is -2.41. The molecule has 2 unspecified atom stereocenters. The van der Waals surface area contributed by atoms with Crippen molar-refractivity contribution in [2.24, 2.45) is 0 Å². The first kappa shape index (κ1) is 16.5. The summed E-state index contributed by atoms with van der Waals surface area (Å²) in [6.45, 7) is 0. The van der Waals surface area contributed by atoms with E-state index in [0.717, 1.165) is 7.11 Å². The van der Waals surface area contributed by atoms with E-state index in [0.29, 0.717) is 5.52 Å². The molecule has 26 heavy (non-hydrogen) atoms. The summed E-state index contributed by atoms with van der Waals surface area (Å²) in [5.41, 5.74) is 3.06. The highest BCUT2D eigenvalue weighted by atomic mass is 16.7. The van der Waals surface area contributed by atoms with Crippen LogP contribution in [0.15, 0.2) is 18.5 Å². The normalized spacial score (nSPS) is 35.4. The van der Waals surface area contributed by atoms with Crippen LogP contribution in [0, 0.1) is 11.3 Å². The van der Waals surface area contributed by atoms with Crippen molar-refractivity contribution in [3.05, 3.63) is 24.2 Å². The van der Waals surface area contributed by atoms with Crippen LogP contribution in [0.4, 0.5) is 10.6 Å². The quantitative estimate of drug-likeness (QED) is 0.569. The highest BCUT2D eigenvalue weighted by Gasteiger charge is 2.76. The van der Waals surface area contributed by atoms with Crippen LogP contribution >= 0.6 is 0 Å². The number of nitrogens with zero attached hydrogens (tertiary/aromatic N) is 4. The fourth-order valence-electron chi connectivity index (χ4n) is 3.45. The number of methoxy groups -OCH3 is 1. The lowest BCUT2D eigenvalue weighted by molar-refractivity contribution is -0.0802. The lowest BCUT2D eigenvalue weighted by Gasteiger charge is -2.24. The van der Waals surface area contributed by atoms with Gasteiger partial charge in [-0.3, -0.25) is 0 Å². The van der Waals surface area contributed by atoms with E-state index >= 15 is 0 Å². The maximum Gasteiger partial charge on any atom is 0.508 e. The summed E-state index contributed by atoms with van der Waals surface area (Å²) >= 11 is 0.